The molecule has 0 radical (unpaired) electrons. The minimum atomic E-state index is 0.259. The van der Waals surface area contributed by atoms with Crippen molar-refractivity contribution in [3.63, 3.8) is 0 Å². The molecule has 3 aliphatic rings. The molecule has 5 heteroatoms. The summed E-state index contributed by atoms with van der Waals surface area (Å²) in [6.07, 6.45) is 4.09. The molecule has 0 spiro atoms. The summed E-state index contributed by atoms with van der Waals surface area (Å²) in [5, 5.41) is 9.22. The average Bonchev–Trinajstić information content (AvgIpc) is 3.25. The van der Waals surface area contributed by atoms with E-state index in [9.17, 15) is 5.11 Å². The lowest BCUT2D eigenvalue weighted by Crippen LogP contribution is -2.43. The van der Waals surface area contributed by atoms with Crippen LogP contribution in [0, 0.1) is 0 Å². The summed E-state index contributed by atoms with van der Waals surface area (Å²) in [4.78, 5) is 7.67. The number of rotatable bonds is 5. The monoisotopic (exact) mass is 283 g/mol. The molecule has 1 N–H and O–H groups in total. The van der Waals surface area contributed by atoms with Crippen LogP contribution in [0.1, 0.15) is 19.3 Å². The van der Waals surface area contributed by atoms with Crippen LogP contribution in [0.25, 0.3) is 0 Å². The third-order valence-electron chi connectivity index (χ3n) is 5.15. The highest BCUT2D eigenvalue weighted by atomic mass is 16.5. The Labute approximate surface area is 122 Å². The van der Waals surface area contributed by atoms with Crippen molar-refractivity contribution < 1.29 is 9.84 Å². The molecule has 5 nitrogen and oxygen atoms in total. The van der Waals surface area contributed by atoms with E-state index in [2.05, 4.69) is 21.7 Å². The van der Waals surface area contributed by atoms with Gasteiger partial charge in [-0.05, 0) is 33.0 Å². The second kappa shape index (κ2) is 6.71. The molecule has 0 aromatic rings. The highest BCUT2D eigenvalue weighted by Gasteiger charge is 2.58. The molecule has 0 aromatic carbocycles. The zero-order valence-electron chi connectivity index (χ0n) is 12.7. The maximum Gasteiger partial charge on any atom is 0.0594 e. The van der Waals surface area contributed by atoms with Gasteiger partial charge >= 0.3 is 0 Å². The van der Waals surface area contributed by atoms with Gasteiger partial charge in [-0.15, -0.1) is 0 Å². The fraction of sp³-hybridized carbons (Fsp3) is 1.00. The molecule has 3 unspecified atom stereocenters. The van der Waals surface area contributed by atoms with E-state index < -0.39 is 0 Å². The summed E-state index contributed by atoms with van der Waals surface area (Å²) >= 11 is 0. The lowest BCUT2D eigenvalue weighted by molar-refractivity contribution is 0.0258. The molecule has 3 atom stereocenters. The number of piperidine rings is 1. The number of morpholine rings is 1. The highest BCUT2D eigenvalue weighted by molar-refractivity contribution is 5.17. The molecule has 0 bridgehead atoms. The van der Waals surface area contributed by atoms with Crippen molar-refractivity contribution in [1.29, 1.82) is 0 Å². The van der Waals surface area contributed by atoms with Gasteiger partial charge in [0.2, 0.25) is 0 Å². The van der Waals surface area contributed by atoms with Crippen molar-refractivity contribution in [2.24, 2.45) is 0 Å². The van der Waals surface area contributed by atoms with Gasteiger partial charge in [0.1, 0.15) is 0 Å². The average molecular weight is 283 g/mol. The van der Waals surface area contributed by atoms with Crippen LogP contribution in [0.15, 0.2) is 0 Å². The Morgan fingerprint density at radius 3 is 2.20 bits per heavy atom. The molecule has 0 amide bonds. The summed E-state index contributed by atoms with van der Waals surface area (Å²) in [5.74, 6) is 0. The Balaban J connectivity index is 1.64. The van der Waals surface area contributed by atoms with Gasteiger partial charge in [-0.25, -0.2) is 0 Å². The van der Waals surface area contributed by atoms with Crippen LogP contribution >= 0.6 is 0 Å². The van der Waals surface area contributed by atoms with Gasteiger partial charge in [-0.1, -0.05) is 6.42 Å². The van der Waals surface area contributed by atoms with Gasteiger partial charge in [0, 0.05) is 37.8 Å². The Morgan fingerprint density at radius 2 is 1.60 bits per heavy atom. The van der Waals surface area contributed by atoms with Crippen LogP contribution in [0.4, 0.5) is 0 Å². The Morgan fingerprint density at radius 1 is 1.00 bits per heavy atom. The number of nitrogens with zero attached hydrogens (tertiary/aromatic N) is 3. The molecule has 3 fully saturated rings. The topological polar surface area (TPSA) is 39.2 Å². The fourth-order valence-corrected chi connectivity index (χ4v) is 4.05. The van der Waals surface area contributed by atoms with Crippen LogP contribution in [0.3, 0.4) is 0 Å². The van der Waals surface area contributed by atoms with Crippen molar-refractivity contribution in [1.82, 2.24) is 14.7 Å². The van der Waals surface area contributed by atoms with Crippen LogP contribution in [-0.4, -0.2) is 97.5 Å². The zero-order valence-corrected chi connectivity index (χ0v) is 12.7. The lowest BCUT2D eigenvalue weighted by atomic mass is 10.1. The Bertz CT molecular complexity index is 279. The standard InChI is InChI=1S/C15H29N3O2/c1-16(7-10-19)13-14(17-5-3-2-4-6-17)15(13)18-8-11-20-12-9-18/h13-15,19H,2-12H2,1H3. The molecule has 1 aliphatic carbocycles. The largest absolute Gasteiger partial charge is 0.395 e. The predicted molar refractivity (Wildman–Crippen MR) is 78.9 cm³/mol. The molecule has 1 saturated carbocycles. The van der Waals surface area contributed by atoms with E-state index >= 15 is 0 Å². The van der Waals surface area contributed by atoms with E-state index in [-0.39, 0.29) is 6.61 Å². The molecule has 116 valence electrons. The molecule has 20 heavy (non-hydrogen) atoms. The Hall–Kier alpha value is -0.200. The minimum absolute atomic E-state index is 0.259. The first-order chi connectivity index (χ1) is 9.83. The van der Waals surface area contributed by atoms with Crippen molar-refractivity contribution in [2.75, 3.05) is 59.6 Å². The summed E-state index contributed by atoms with van der Waals surface area (Å²) in [6, 6.07) is 1.91. The number of aliphatic hydroxyl groups is 1. The van der Waals surface area contributed by atoms with E-state index in [4.69, 9.17) is 4.74 Å². The first kappa shape index (κ1) is 14.7. The predicted octanol–water partition coefficient (Wildman–Crippen LogP) is -0.152. The van der Waals surface area contributed by atoms with E-state index in [0.717, 1.165) is 32.8 Å². The third kappa shape index (κ3) is 3.02. The number of aliphatic hydroxyl groups excluding tert-OH is 1. The molecule has 3 rings (SSSR count). The summed E-state index contributed by atoms with van der Waals surface area (Å²) < 4.78 is 5.49. The van der Waals surface area contributed by atoms with Gasteiger partial charge in [0.05, 0.1) is 19.8 Å². The van der Waals surface area contributed by atoms with Crippen molar-refractivity contribution >= 4 is 0 Å². The molecule has 2 aliphatic heterocycles. The maximum absolute atomic E-state index is 9.22. The summed E-state index contributed by atoms with van der Waals surface area (Å²) in [5.41, 5.74) is 0. The zero-order chi connectivity index (χ0) is 13.9. The van der Waals surface area contributed by atoms with Crippen molar-refractivity contribution in [3.05, 3.63) is 0 Å². The van der Waals surface area contributed by atoms with E-state index in [1.807, 2.05) is 0 Å². The number of hydrogen-bond acceptors (Lipinski definition) is 5. The van der Waals surface area contributed by atoms with Crippen LogP contribution in [0.5, 0.6) is 0 Å². The van der Waals surface area contributed by atoms with Gasteiger partial charge in [0.25, 0.3) is 0 Å². The van der Waals surface area contributed by atoms with Crippen molar-refractivity contribution in [2.45, 2.75) is 37.4 Å². The first-order valence-corrected chi connectivity index (χ1v) is 8.20. The quantitative estimate of drug-likeness (QED) is 0.760. The second-order valence-corrected chi connectivity index (χ2v) is 6.42. The fourth-order valence-electron chi connectivity index (χ4n) is 4.05. The molecule has 2 saturated heterocycles. The van der Waals surface area contributed by atoms with Crippen LogP contribution in [0.2, 0.25) is 0 Å². The Kier molecular flexibility index (Phi) is 4.94. The minimum Gasteiger partial charge on any atom is -0.395 e. The normalized spacial score (nSPS) is 36.5. The summed E-state index contributed by atoms with van der Waals surface area (Å²) in [6.45, 7) is 7.45. The van der Waals surface area contributed by atoms with Crippen LogP contribution in [-0.2, 0) is 4.74 Å². The second-order valence-electron chi connectivity index (χ2n) is 6.42. The highest BCUT2D eigenvalue weighted by Crippen LogP contribution is 2.39. The molecular formula is C15H29N3O2. The third-order valence-corrected chi connectivity index (χ3v) is 5.15. The maximum atomic E-state index is 9.22. The number of likely N-dealkylation sites (tertiary alicyclic amines) is 1. The summed E-state index contributed by atoms with van der Waals surface area (Å²) in [7, 11) is 2.16. The molecular weight excluding hydrogens is 254 g/mol. The van der Waals surface area contributed by atoms with E-state index in [1.165, 1.54) is 32.4 Å². The molecule has 0 aromatic heterocycles. The van der Waals surface area contributed by atoms with Gasteiger partial charge < -0.3 is 9.84 Å². The number of likely N-dealkylation sites (N-methyl/N-ethyl adjacent to an activating group) is 1. The number of ether oxygens (including phenoxy) is 1. The first-order valence-electron chi connectivity index (χ1n) is 8.20. The number of hydrogen-bond donors (Lipinski definition) is 1. The van der Waals surface area contributed by atoms with Crippen LogP contribution < -0.4 is 0 Å². The van der Waals surface area contributed by atoms with E-state index in [0.29, 0.717) is 18.1 Å². The van der Waals surface area contributed by atoms with Crippen molar-refractivity contribution in [3.8, 4) is 0 Å². The SMILES string of the molecule is CN(CCO)C1C(N2CCCCC2)C1N1CCOCC1. The van der Waals surface area contributed by atoms with E-state index in [1.54, 1.807) is 0 Å². The lowest BCUT2D eigenvalue weighted by Gasteiger charge is -2.30. The smallest absolute Gasteiger partial charge is 0.0594 e. The van der Waals surface area contributed by atoms with Gasteiger partial charge in [-0.2, -0.15) is 0 Å². The molecule has 2 heterocycles. The van der Waals surface area contributed by atoms with Gasteiger partial charge in [-0.3, -0.25) is 14.7 Å². The van der Waals surface area contributed by atoms with Gasteiger partial charge in [0.15, 0.2) is 0 Å².